The first-order chi connectivity index (χ1) is 6.84. The van der Waals surface area contributed by atoms with Crippen LogP contribution in [-0.2, 0) is 0 Å². The second-order valence-corrected chi connectivity index (χ2v) is 2.95. The van der Waals surface area contributed by atoms with Crippen molar-refractivity contribution in [2.45, 2.75) is 13.1 Å². The van der Waals surface area contributed by atoms with E-state index in [-0.39, 0.29) is 5.56 Å². The Kier molecular flexibility index (Phi) is 3.12. The molecule has 0 bridgehead atoms. The number of allylic oxidation sites excluding steroid dienone is 1. The van der Waals surface area contributed by atoms with E-state index in [0.717, 1.165) is 6.07 Å². The fourth-order valence-corrected chi connectivity index (χ4v) is 1.22. The quantitative estimate of drug-likeness (QED) is 0.625. The number of aryl methyl sites for hydroxylation is 1. The molecule has 5 heteroatoms. The van der Waals surface area contributed by atoms with Crippen LogP contribution in [-0.4, -0.2) is 6.18 Å². The van der Waals surface area contributed by atoms with Gasteiger partial charge in [0.2, 0.25) is 0 Å². The topological polar surface area (TPSA) is 0 Å². The summed E-state index contributed by atoms with van der Waals surface area (Å²) in [5.74, 6) is 0. The van der Waals surface area contributed by atoms with Crippen molar-refractivity contribution in [1.82, 2.24) is 0 Å². The SMILES string of the molecule is Cc1ccccc1C(=C(F)F)C(F)(F)F. The summed E-state index contributed by atoms with van der Waals surface area (Å²) in [6, 6.07) is 5.15. The Bertz CT molecular complexity index is 385. The maximum Gasteiger partial charge on any atom is 0.422 e. The fraction of sp³-hybridized carbons (Fsp3) is 0.200. The van der Waals surface area contributed by atoms with Crippen molar-refractivity contribution in [3.8, 4) is 0 Å². The normalized spacial score (nSPS) is 11.3. The molecule has 0 aliphatic heterocycles. The standard InChI is InChI=1S/C10H7F5/c1-6-4-2-3-5-7(6)8(9(11)12)10(13,14)15/h2-5H,1H3. The van der Waals surface area contributed by atoms with Gasteiger partial charge in [0.1, 0.15) is 5.57 Å². The Morgan fingerprint density at radius 1 is 1.07 bits per heavy atom. The van der Waals surface area contributed by atoms with Crippen molar-refractivity contribution < 1.29 is 22.0 Å². The smallest absolute Gasteiger partial charge is 0.173 e. The fourth-order valence-electron chi connectivity index (χ4n) is 1.22. The first-order valence-corrected chi connectivity index (χ1v) is 4.02. The third-order valence-corrected chi connectivity index (χ3v) is 1.89. The van der Waals surface area contributed by atoms with Gasteiger partial charge in [0.15, 0.2) is 0 Å². The molecular weight excluding hydrogens is 215 g/mol. The molecule has 0 heterocycles. The number of halogens is 5. The van der Waals surface area contributed by atoms with Gasteiger partial charge in [0.05, 0.1) is 0 Å². The molecule has 1 aromatic carbocycles. The van der Waals surface area contributed by atoms with Gasteiger partial charge >= 0.3 is 6.18 Å². The third-order valence-electron chi connectivity index (χ3n) is 1.89. The van der Waals surface area contributed by atoms with Gasteiger partial charge < -0.3 is 0 Å². The van der Waals surface area contributed by atoms with Gasteiger partial charge in [-0.05, 0) is 18.1 Å². The lowest BCUT2D eigenvalue weighted by molar-refractivity contribution is -0.0711. The Labute approximate surface area is 83.0 Å². The van der Waals surface area contributed by atoms with Crippen LogP contribution in [0.25, 0.3) is 5.57 Å². The Balaban J connectivity index is 3.38. The van der Waals surface area contributed by atoms with E-state index in [1.165, 1.54) is 25.1 Å². The maximum atomic E-state index is 12.3. The second-order valence-electron chi connectivity index (χ2n) is 2.95. The molecular formula is C10H7F5. The van der Waals surface area contributed by atoms with Crippen molar-refractivity contribution in [1.29, 1.82) is 0 Å². The van der Waals surface area contributed by atoms with Gasteiger partial charge in [-0.25, -0.2) is 0 Å². The predicted molar refractivity (Wildman–Crippen MR) is 46.4 cm³/mol. The first kappa shape index (κ1) is 11.7. The highest BCUT2D eigenvalue weighted by Gasteiger charge is 2.39. The van der Waals surface area contributed by atoms with Crippen molar-refractivity contribution >= 4 is 5.57 Å². The third kappa shape index (κ3) is 2.55. The van der Waals surface area contributed by atoms with E-state index in [1.807, 2.05) is 0 Å². The van der Waals surface area contributed by atoms with Crippen LogP contribution in [0.1, 0.15) is 11.1 Å². The van der Waals surface area contributed by atoms with Gasteiger partial charge in [-0.15, -0.1) is 0 Å². The molecule has 0 amide bonds. The summed E-state index contributed by atoms with van der Waals surface area (Å²) in [5.41, 5.74) is -2.18. The number of rotatable bonds is 1. The van der Waals surface area contributed by atoms with Crippen LogP contribution < -0.4 is 0 Å². The first-order valence-electron chi connectivity index (χ1n) is 4.02. The predicted octanol–water partition coefficient (Wildman–Crippen LogP) is 4.16. The van der Waals surface area contributed by atoms with E-state index in [0.29, 0.717) is 0 Å². The van der Waals surface area contributed by atoms with E-state index >= 15 is 0 Å². The molecule has 0 radical (unpaired) electrons. The van der Waals surface area contributed by atoms with Crippen molar-refractivity contribution in [2.75, 3.05) is 0 Å². The van der Waals surface area contributed by atoms with Crippen LogP contribution in [0.3, 0.4) is 0 Å². The highest BCUT2D eigenvalue weighted by atomic mass is 19.4. The molecule has 0 saturated carbocycles. The van der Waals surface area contributed by atoms with Crippen LogP contribution in [0.5, 0.6) is 0 Å². The van der Waals surface area contributed by atoms with Crippen LogP contribution in [0, 0.1) is 6.92 Å². The molecule has 15 heavy (non-hydrogen) atoms. The summed E-state index contributed by atoms with van der Waals surface area (Å²) >= 11 is 0. The largest absolute Gasteiger partial charge is 0.422 e. The monoisotopic (exact) mass is 222 g/mol. The van der Waals surface area contributed by atoms with Crippen LogP contribution in [0.15, 0.2) is 30.3 Å². The molecule has 1 rings (SSSR count). The Morgan fingerprint density at radius 3 is 2.00 bits per heavy atom. The van der Waals surface area contributed by atoms with Gasteiger partial charge in [-0.3, -0.25) is 0 Å². The molecule has 1 aromatic rings. The van der Waals surface area contributed by atoms with Gasteiger partial charge in [0, 0.05) is 0 Å². The lowest BCUT2D eigenvalue weighted by atomic mass is 10.0. The maximum absolute atomic E-state index is 12.3. The average Bonchev–Trinajstić information content (AvgIpc) is 2.05. The molecule has 0 aromatic heterocycles. The van der Waals surface area contributed by atoms with E-state index in [9.17, 15) is 22.0 Å². The summed E-state index contributed by atoms with van der Waals surface area (Å²) in [7, 11) is 0. The highest BCUT2D eigenvalue weighted by Crippen LogP contribution is 2.38. The minimum absolute atomic E-state index is 0.164. The zero-order chi connectivity index (χ0) is 11.6. The number of hydrogen-bond acceptors (Lipinski definition) is 0. The zero-order valence-electron chi connectivity index (χ0n) is 7.70. The summed E-state index contributed by atoms with van der Waals surface area (Å²) < 4.78 is 61.3. The molecule has 0 spiro atoms. The molecule has 0 saturated heterocycles. The molecule has 0 N–H and O–H groups in total. The van der Waals surface area contributed by atoms with E-state index in [1.54, 1.807) is 0 Å². The summed E-state index contributed by atoms with van der Waals surface area (Å²) in [4.78, 5) is 0. The molecule has 0 fully saturated rings. The lowest BCUT2D eigenvalue weighted by Gasteiger charge is -2.12. The second kappa shape index (κ2) is 4.00. The van der Waals surface area contributed by atoms with Crippen LogP contribution >= 0.6 is 0 Å². The average molecular weight is 222 g/mol. The lowest BCUT2D eigenvalue weighted by Crippen LogP contribution is -2.12. The zero-order valence-corrected chi connectivity index (χ0v) is 7.70. The Morgan fingerprint density at radius 2 is 1.60 bits per heavy atom. The Hall–Kier alpha value is -1.39. The molecule has 0 unspecified atom stereocenters. The minimum Gasteiger partial charge on any atom is -0.173 e. The summed E-state index contributed by atoms with van der Waals surface area (Å²) in [6.07, 6.45) is -7.75. The van der Waals surface area contributed by atoms with E-state index < -0.39 is 23.4 Å². The van der Waals surface area contributed by atoms with Gasteiger partial charge in [0.25, 0.3) is 6.08 Å². The minimum atomic E-state index is -5.04. The van der Waals surface area contributed by atoms with Gasteiger partial charge in [-0.2, -0.15) is 22.0 Å². The molecule has 0 aliphatic carbocycles. The van der Waals surface area contributed by atoms with Crippen LogP contribution in [0.2, 0.25) is 0 Å². The highest BCUT2D eigenvalue weighted by molar-refractivity contribution is 5.72. The number of alkyl halides is 3. The molecule has 82 valence electrons. The van der Waals surface area contributed by atoms with E-state index in [4.69, 9.17) is 0 Å². The number of benzene rings is 1. The van der Waals surface area contributed by atoms with Gasteiger partial charge in [-0.1, -0.05) is 24.3 Å². The number of hydrogen-bond donors (Lipinski definition) is 0. The molecule has 0 atom stereocenters. The summed E-state index contributed by atoms with van der Waals surface area (Å²) in [6.45, 7) is 1.35. The molecule has 0 aliphatic rings. The van der Waals surface area contributed by atoms with Crippen molar-refractivity contribution in [3.63, 3.8) is 0 Å². The summed E-state index contributed by atoms with van der Waals surface area (Å²) in [5, 5.41) is 0. The van der Waals surface area contributed by atoms with E-state index in [2.05, 4.69) is 0 Å². The van der Waals surface area contributed by atoms with Crippen molar-refractivity contribution in [3.05, 3.63) is 41.5 Å². The van der Waals surface area contributed by atoms with Crippen molar-refractivity contribution in [2.24, 2.45) is 0 Å². The van der Waals surface area contributed by atoms with Crippen LogP contribution in [0.4, 0.5) is 22.0 Å². The molecule has 0 nitrogen and oxygen atoms in total.